The van der Waals surface area contributed by atoms with E-state index in [9.17, 15) is 8.78 Å². The summed E-state index contributed by atoms with van der Waals surface area (Å²) in [6.07, 6.45) is 1.46. The number of alkyl halides is 2. The molecule has 1 aromatic rings. The van der Waals surface area contributed by atoms with Crippen LogP contribution in [-0.2, 0) is 0 Å². The van der Waals surface area contributed by atoms with Crippen molar-refractivity contribution in [3.63, 3.8) is 0 Å². The Balaban J connectivity index is 2.68. The minimum atomic E-state index is -2.85. The first-order chi connectivity index (χ1) is 7.80. The number of allylic oxidation sites excluding steroid dienone is 2. The molecule has 0 aliphatic carbocycles. The predicted molar refractivity (Wildman–Crippen MR) is 67.3 cm³/mol. The molecule has 0 unspecified atom stereocenters. The number of aryl methyl sites for hydroxylation is 1. The maximum atomic E-state index is 13.6. The SMILES string of the molecule is C=C1C=C(C(C)(F)F)c2cc(C)ccc2N1C. The summed E-state index contributed by atoms with van der Waals surface area (Å²) in [5, 5.41) is 0. The molecule has 0 amide bonds. The van der Waals surface area contributed by atoms with Crippen molar-refractivity contribution in [2.45, 2.75) is 19.8 Å². The standard InChI is InChI=1S/C14H15F2N/c1-9-5-6-13-11(7-9)12(14(3,15)16)8-10(2)17(13)4/h5-8H,2H2,1,3-4H3. The lowest BCUT2D eigenvalue weighted by Crippen LogP contribution is -2.24. The van der Waals surface area contributed by atoms with E-state index in [1.54, 1.807) is 6.07 Å². The molecule has 0 bridgehead atoms. The first-order valence-corrected chi connectivity index (χ1v) is 5.44. The molecule has 0 N–H and O–H groups in total. The number of fused-ring (bicyclic) bond motifs is 1. The highest BCUT2D eigenvalue weighted by atomic mass is 19.3. The lowest BCUT2D eigenvalue weighted by Gasteiger charge is -2.31. The Morgan fingerprint density at radius 2 is 1.94 bits per heavy atom. The smallest absolute Gasteiger partial charge is 0.271 e. The fraction of sp³-hybridized carbons (Fsp3) is 0.286. The lowest BCUT2D eigenvalue weighted by molar-refractivity contribution is 0.0891. The summed E-state index contributed by atoms with van der Waals surface area (Å²) in [6, 6.07) is 5.56. The largest absolute Gasteiger partial charge is 0.345 e. The van der Waals surface area contributed by atoms with E-state index >= 15 is 0 Å². The molecule has 1 nitrogen and oxygen atoms in total. The Labute approximate surface area is 100 Å². The van der Waals surface area contributed by atoms with Gasteiger partial charge in [-0.15, -0.1) is 0 Å². The molecular weight excluding hydrogens is 220 g/mol. The normalized spacial score (nSPS) is 15.7. The average molecular weight is 235 g/mol. The third kappa shape index (κ3) is 1.97. The summed E-state index contributed by atoms with van der Waals surface area (Å²) >= 11 is 0. The second kappa shape index (κ2) is 3.69. The van der Waals surface area contributed by atoms with Crippen molar-refractivity contribution >= 4 is 11.3 Å². The molecule has 1 aliphatic heterocycles. The minimum Gasteiger partial charge on any atom is -0.345 e. The fourth-order valence-electron chi connectivity index (χ4n) is 2.02. The minimum absolute atomic E-state index is 0.0410. The number of likely N-dealkylation sites (N-methyl/N-ethyl adjacent to an activating group) is 1. The van der Waals surface area contributed by atoms with E-state index < -0.39 is 5.92 Å². The van der Waals surface area contributed by atoms with Crippen LogP contribution in [0.25, 0.3) is 5.57 Å². The number of rotatable bonds is 1. The van der Waals surface area contributed by atoms with Crippen molar-refractivity contribution in [1.82, 2.24) is 0 Å². The lowest BCUT2D eigenvalue weighted by atomic mass is 9.92. The number of halogens is 2. The van der Waals surface area contributed by atoms with Crippen LogP contribution in [0.15, 0.2) is 36.6 Å². The molecule has 2 rings (SSSR count). The zero-order valence-electron chi connectivity index (χ0n) is 10.2. The molecular formula is C14H15F2N. The summed E-state index contributed by atoms with van der Waals surface area (Å²) in [6.45, 7) is 6.61. The molecule has 3 heteroatoms. The van der Waals surface area contributed by atoms with Crippen LogP contribution in [0.1, 0.15) is 18.1 Å². The molecule has 17 heavy (non-hydrogen) atoms. The van der Waals surface area contributed by atoms with Crippen molar-refractivity contribution in [1.29, 1.82) is 0 Å². The molecule has 0 atom stereocenters. The molecule has 90 valence electrons. The van der Waals surface area contributed by atoms with Crippen molar-refractivity contribution in [3.05, 3.63) is 47.7 Å². The van der Waals surface area contributed by atoms with E-state index in [0.29, 0.717) is 11.3 Å². The molecule has 0 saturated carbocycles. The molecule has 0 saturated heterocycles. The Hall–Kier alpha value is -1.64. The van der Waals surface area contributed by atoms with Gasteiger partial charge in [0.05, 0.1) is 0 Å². The molecule has 0 aromatic heterocycles. The van der Waals surface area contributed by atoms with E-state index in [-0.39, 0.29) is 5.57 Å². The second-order valence-electron chi connectivity index (χ2n) is 4.52. The van der Waals surface area contributed by atoms with Gasteiger partial charge in [0.2, 0.25) is 0 Å². The first kappa shape index (κ1) is 11.8. The van der Waals surface area contributed by atoms with E-state index in [1.807, 2.05) is 31.0 Å². The first-order valence-electron chi connectivity index (χ1n) is 5.44. The maximum absolute atomic E-state index is 13.6. The van der Waals surface area contributed by atoms with Gasteiger partial charge in [0.25, 0.3) is 5.92 Å². The van der Waals surface area contributed by atoms with Crippen LogP contribution in [0.5, 0.6) is 0 Å². The van der Waals surface area contributed by atoms with Gasteiger partial charge < -0.3 is 4.90 Å². The number of benzene rings is 1. The number of anilines is 1. The van der Waals surface area contributed by atoms with Crippen LogP contribution in [-0.4, -0.2) is 13.0 Å². The second-order valence-corrected chi connectivity index (χ2v) is 4.52. The Kier molecular flexibility index (Phi) is 2.57. The summed E-state index contributed by atoms with van der Waals surface area (Å²) in [7, 11) is 1.83. The zero-order chi connectivity index (χ0) is 12.8. The van der Waals surface area contributed by atoms with Gasteiger partial charge in [-0.05, 0) is 25.1 Å². The fourth-order valence-corrected chi connectivity index (χ4v) is 2.02. The van der Waals surface area contributed by atoms with Gasteiger partial charge in [0, 0.05) is 36.5 Å². The Bertz CT molecular complexity index is 509. The monoisotopic (exact) mass is 235 g/mol. The van der Waals surface area contributed by atoms with E-state index in [2.05, 4.69) is 6.58 Å². The van der Waals surface area contributed by atoms with Crippen LogP contribution in [0.4, 0.5) is 14.5 Å². The van der Waals surface area contributed by atoms with Crippen molar-refractivity contribution in [2.75, 3.05) is 11.9 Å². The summed E-state index contributed by atoms with van der Waals surface area (Å²) < 4.78 is 27.2. The molecule has 0 fully saturated rings. The number of nitrogens with zero attached hydrogens (tertiary/aromatic N) is 1. The predicted octanol–water partition coefficient (Wildman–Crippen LogP) is 4.00. The van der Waals surface area contributed by atoms with Crippen molar-refractivity contribution in [3.8, 4) is 0 Å². The van der Waals surface area contributed by atoms with Gasteiger partial charge in [0.15, 0.2) is 0 Å². The van der Waals surface area contributed by atoms with E-state index in [1.165, 1.54) is 6.08 Å². The van der Waals surface area contributed by atoms with Crippen LogP contribution >= 0.6 is 0 Å². The van der Waals surface area contributed by atoms with Crippen LogP contribution in [0, 0.1) is 6.92 Å². The summed E-state index contributed by atoms with van der Waals surface area (Å²) in [4.78, 5) is 1.82. The molecule has 1 aliphatic rings. The summed E-state index contributed by atoms with van der Waals surface area (Å²) in [5.74, 6) is -2.85. The van der Waals surface area contributed by atoms with Crippen LogP contribution in [0.3, 0.4) is 0 Å². The Morgan fingerprint density at radius 1 is 1.29 bits per heavy atom. The van der Waals surface area contributed by atoms with Gasteiger partial charge in [-0.2, -0.15) is 0 Å². The van der Waals surface area contributed by atoms with Crippen molar-refractivity contribution < 1.29 is 8.78 Å². The molecule has 0 spiro atoms. The third-order valence-corrected chi connectivity index (χ3v) is 3.02. The molecule has 0 radical (unpaired) electrons. The van der Waals surface area contributed by atoms with Gasteiger partial charge in [-0.25, -0.2) is 8.78 Å². The average Bonchev–Trinajstić information content (AvgIpc) is 2.21. The van der Waals surface area contributed by atoms with Gasteiger partial charge in [-0.1, -0.05) is 18.2 Å². The summed E-state index contributed by atoms with van der Waals surface area (Å²) in [5.41, 5.74) is 2.96. The molecule has 1 heterocycles. The number of hydrogen-bond acceptors (Lipinski definition) is 1. The van der Waals surface area contributed by atoms with Crippen molar-refractivity contribution in [2.24, 2.45) is 0 Å². The highest BCUT2D eigenvalue weighted by Crippen LogP contribution is 2.42. The van der Waals surface area contributed by atoms with E-state index in [4.69, 9.17) is 0 Å². The number of hydrogen-bond donors (Lipinski definition) is 0. The highest BCUT2D eigenvalue weighted by molar-refractivity contribution is 5.86. The van der Waals surface area contributed by atoms with Crippen LogP contribution in [0.2, 0.25) is 0 Å². The van der Waals surface area contributed by atoms with Gasteiger partial charge in [0.1, 0.15) is 0 Å². The quantitative estimate of drug-likeness (QED) is 0.711. The third-order valence-electron chi connectivity index (χ3n) is 3.02. The maximum Gasteiger partial charge on any atom is 0.271 e. The van der Waals surface area contributed by atoms with Gasteiger partial charge >= 0.3 is 0 Å². The van der Waals surface area contributed by atoms with Crippen LogP contribution < -0.4 is 4.90 Å². The topological polar surface area (TPSA) is 3.24 Å². The highest BCUT2D eigenvalue weighted by Gasteiger charge is 2.33. The molecule has 1 aromatic carbocycles. The van der Waals surface area contributed by atoms with E-state index in [0.717, 1.165) is 18.2 Å². The van der Waals surface area contributed by atoms with Gasteiger partial charge in [-0.3, -0.25) is 0 Å². The Morgan fingerprint density at radius 3 is 2.53 bits per heavy atom. The zero-order valence-corrected chi connectivity index (χ0v) is 10.2.